The number of nitrogens with zero attached hydrogens (tertiary/aromatic N) is 2. The molecule has 1 aromatic carbocycles. The molecule has 1 aromatic heterocycles. The molecule has 6 heteroatoms. The lowest BCUT2D eigenvalue weighted by atomic mass is 10.1. The third-order valence-electron chi connectivity index (χ3n) is 4.78. The van der Waals surface area contributed by atoms with Gasteiger partial charge in [0.25, 0.3) is 5.91 Å². The van der Waals surface area contributed by atoms with E-state index in [-0.39, 0.29) is 11.5 Å². The van der Waals surface area contributed by atoms with Gasteiger partial charge in [0.05, 0.1) is 0 Å². The molecule has 6 nitrogen and oxygen atoms in total. The largest absolute Gasteiger partial charge is 0.422 e. The molecule has 1 N–H and O–H groups in total. The summed E-state index contributed by atoms with van der Waals surface area (Å²) in [4.78, 5) is 29.2. The summed E-state index contributed by atoms with van der Waals surface area (Å²) in [6, 6.07) is 9.13. The van der Waals surface area contributed by atoms with Gasteiger partial charge in [0.2, 0.25) is 0 Å². The highest BCUT2D eigenvalue weighted by Crippen LogP contribution is 2.15. The molecule has 4 heterocycles. The molecule has 1 atom stereocenters. The van der Waals surface area contributed by atoms with Gasteiger partial charge in [-0.1, -0.05) is 18.2 Å². The van der Waals surface area contributed by atoms with E-state index in [9.17, 15) is 9.59 Å². The Morgan fingerprint density at radius 2 is 2.00 bits per heavy atom. The van der Waals surface area contributed by atoms with Crippen molar-refractivity contribution in [3.8, 4) is 0 Å². The molecule has 2 bridgehead atoms. The zero-order chi connectivity index (χ0) is 15.8. The molecule has 120 valence electrons. The van der Waals surface area contributed by atoms with Crippen molar-refractivity contribution in [2.75, 3.05) is 39.3 Å². The van der Waals surface area contributed by atoms with E-state index in [1.807, 2.05) is 12.1 Å². The monoisotopic (exact) mass is 313 g/mol. The third kappa shape index (κ3) is 2.75. The van der Waals surface area contributed by atoms with Crippen LogP contribution < -0.4 is 10.9 Å². The number of piperazine rings is 3. The zero-order valence-corrected chi connectivity index (χ0v) is 12.8. The summed E-state index contributed by atoms with van der Waals surface area (Å²) >= 11 is 0. The van der Waals surface area contributed by atoms with E-state index in [2.05, 4.69) is 15.1 Å². The predicted octanol–water partition coefficient (Wildman–Crippen LogP) is 0.523. The minimum absolute atomic E-state index is 0.0694. The Labute approximate surface area is 133 Å². The second-order valence-corrected chi connectivity index (χ2v) is 6.19. The van der Waals surface area contributed by atoms with Crippen LogP contribution in [0.25, 0.3) is 11.0 Å². The summed E-state index contributed by atoms with van der Waals surface area (Å²) in [6.45, 7) is 5.86. The van der Waals surface area contributed by atoms with Crippen molar-refractivity contribution >= 4 is 16.9 Å². The lowest BCUT2D eigenvalue weighted by Gasteiger charge is -2.47. The summed E-state index contributed by atoms with van der Waals surface area (Å²) in [5, 5.41) is 3.65. The van der Waals surface area contributed by atoms with Crippen LogP contribution in [0.3, 0.4) is 0 Å². The molecule has 3 aliphatic rings. The Balaban J connectivity index is 1.49. The van der Waals surface area contributed by atoms with Gasteiger partial charge in [0.1, 0.15) is 11.1 Å². The highest BCUT2D eigenvalue weighted by atomic mass is 16.4. The summed E-state index contributed by atoms with van der Waals surface area (Å²) in [5.41, 5.74) is -0.0204. The van der Waals surface area contributed by atoms with Crippen molar-refractivity contribution in [1.29, 1.82) is 0 Å². The fourth-order valence-corrected chi connectivity index (χ4v) is 3.44. The molecule has 0 radical (unpaired) electrons. The molecular weight excluding hydrogens is 294 g/mol. The maximum atomic E-state index is 12.4. The Kier molecular flexibility index (Phi) is 3.63. The van der Waals surface area contributed by atoms with Crippen LogP contribution in [0.5, 0.6) is 0 Å². The Hall–Kier alpha value is -2.18. The van der Waals surface area contributed by atoms with Crippen LogP contribution in [0.15, 0.2) is 39.5 Å². The molecule has 3 saturated heterocycles. The van der Waals surface area contributed by atoms with E-state index in [1.165, 1.54) is 0 Å². The van der Waals surface area contributed by atoms with Crippen LogP contribution in [-0.2, 0) is 0 Å². The first-order chi connectivity index (χ1) is 11.2. The van der Waals surface area contributed by atoms with E-state index in [1.54, 1.807) is 18.2 Å². The number of carbonyl (C=O) groups is 1. The zero-order valence-electron chi connectivity index (χ0n) is 12.8. The number of hydrogen-bond acceptors (Lipinski definition) is 5. The minimum Gasteiger partial charge on any atom is -0.422 e. The maximum Gasteiger partial charge on any atom is 0.349 e. The van der Waals surface area contributed by atoms with Gasteiger partial charge in [-0.3, -0.25) is 14.6 Å². The molecule has 1 unspecified atom stereocenters. The first kappa shape index (κ1) is 14.4. The number of nitrogens with one attached hydrogen (secondary N) is 1. The number of para-hydroxylation sites is 1. The second kappa shape index (κ2) is 5.79. The molecular formula is C17H19N3O3. The van der Waals surface area contributed by atoms with Gasteiger partial charge in [0.15, 0.2) is 0 Å². The molecule has 0 aliphatic carbocycles. The minimum atomic E-state index is -0.588. The van der Waals surface area contributed by atoms with Crippen LogP contribution >= 0.6 is 0 Å². The fraction of sp³-hybridized carbons (Fsp3) is 0.412. The standard InChI is InChI=1S/C17H19N3O3/c21-16(18-10-13-11-19-5-7-20(13)8-6-19)14-9-12-3-1-2-4-15(12)23-17(14)22/h1-4,9,13H,5-8,10-11H2,(H,18,21). The van der Waals surface area contributed by atoms with E-state index in [0.717, 1.165) is 38.1 Å². The van der Waals surface area contributed by atoms with Gasteiger partial charge < -0.3 is 9.73 Å². The highest BCUT2D eigenvalue weighted by Gasteiger charge is 2.31. The second-order valence-electron chi connectivity index (χ2n) is 6.19. The number of hydrogen-bond donors (Lipinski definition) is 1. The van der Waals surface area contributed by atoms with Gasteiger partial charge in [0, 0.05) is 50.7 Å². The van der Waals surface area contributed by atoms with Gasteiger partial charge in [-0.15, -0.1) is 0 Å². The molecule has 3 aliphatic heterocycles. The van der Waals surface area contributed by atoms with Crippen molar-refractivity contribution in [3.05, 3.63) is 46.3 Å². The number of carbonyl (C=O) groups excluding carboxylic acids is 1. The van der Waals surface area contributed by atoms with Crippen molar-refractivity contribution in [1.82, 2.24) is 15.1 Å². The number of benzene rings is 1. The molecule has 0 saturated carbocycles. The van der Waals surface area contributed by atoms with Crippen molar-refractivity contribution in [2.24, 2.45) is 0 Å². The van der Waals surface area contributed by atoms with Crippen LogP contribution in [-0.4, -0.2) is 61.0 Å². The lowest BCUT2D eigenvalue weighted by molar-refractivity contribution is 0.0138. The van der Waals surface area contributed by atoms with Crippen molar-refractivity contribution in [3.63, 3.8) is 0 Å². The van der Waals surface area contributed by atoms with Gasteiger partial charge in [-0.2, -0.15) is 0 Å². The van der Waals surface area contributed by atoms with Crippen LogP contribution in [0.2, 0.25) is 0 Å². The quantitative estimate of drug-likeness (QED) is 0.837. The van der Waals surface area contributed by atoms with Crippen molar-refractivity contribution in [2.45, 2.75) is 6.04 Å². The van der Waals surface area contributed by atoms with Crippen LogP contribution in [0.1, 0.15) is 10.4 Å². The summed E-state index contributed by atoms with van der Waals surface area (Å²) in [6.07, 6.45) is 0. The van der Waals surface area contributed by atoms with Crippen LogP contribution in [0.4, 0.5) is 0 Å². The summed E-state index contributed by atoms with van der Waals surface area (Å²) in [7, 11) is 0. The lowest BCUT2D eigenvalue weighted by Crippen LogP contribution is -2.63. The SMILES string of the molecule is O=C(NCC1CN2CCN1CC2)c1cc2ccccc2oc1=O. The number of rotatable bonds is 3. The molecule has 3 fully saturated rings. The van der Waals surface area contributed by atoms with E-state index in [0.29, 0.717) is 18.2 Å². The van der Waals surface area contributed by atoms with E-state index in [4.69, 9.17) is 4.42 Å². The van der Waals surface area contributed by atoms with Gasteiger partial charge in [-0.25, -0.2) is 4.79 Å². The Bertz CT molecular complexity index is 793. The van der Waals surface area contributed by atoms with Crippen LogP contribution in [0, 0.1) is 0 Å². The molecule has 5 rings (SSSR count). The first-order valence-corrected chi connectivity index (χ1v) is 7.98. The summed E-state index contributed by atoms with van der Waals surface area (Å²) < 4.78 is 5.22. The molecule has 23 heavy (non-hydrogen) atoms. The van der Waals surface area contributed by atoms with E-state index >= 15 is 0 Å². The first-order valence-electron chi connectivity index (χ1n) is 7.98. The van der Waals surface area contributed by atoms with Gasteiger partial charge in [-0.05, 0) is 12.1 Å². The maximum absolute atomic E-state index is 12.4. The number of fused-ring (bicyclic) bond motifs is 4. The molecule has 1 amide bonds. The third-order valence-corrected chi connectivity index (χ3v) is 4.78. The predicted molar refractivity (Wildman–Crippen MR) is 86.6 cm³/mol. The van der Waals surface area contributed by atoms with Crippen molar-refractivity contribution < 1.29 is 9.21 Å². The average molecular weight is 313 g/mol. The average Bonchev–Trinajstić information content (AvgIpc) is 2.60. The summed E-state index contributed by atoms with van der Waals surface area (Å²) in [5.74, 6) is -0.359. The molecule has 0 spiro atoms. The van der Waals surface area contributed by atoms with E-state index < -0.39 is 5.63 Å². The Morgan fingerprint density at radius 3 is 2.74 bits per heavy atom. The number of amides is 1. The normalized spacial score (nSPS) is 26.3. The molecule has 2 aromatic rings. The topological polar surface area (TPSA) is 65.8 Å². The fourth-order valence-electron chi connectivity index (χ4n) is 3.44. The Morgan fingerprint density at radius 1 is 1.22 bits per heavy atom. The smallest absolute Gasteiger partial charge is 0.349 e. The highest BCUT2D eigenvalue weighted by molar-refractivity contribution is 5.96. The van der Waals surface area contributed by atoms with Gasteiger partial charge >= 0.3 is 5.63 Å².